The summed E-state index contributed by atoms with van der Waals surface area (Å²) in [4.78, 5) is 7.38. The smallest absolute Gasteiger partial charge is 0.222 e. The van der Waals surface area contributed by atoms with Crippen LogP contribution in [0.3, 0.4) is 0 Å². The molecular formula is C9H15FN4S. The fourth-order valence-electron chi connectivity index (χ4n) is 1.14. The second-order valence-electron chi connectivity index (χ2n) is 3.13. The van der Waals surface area contributed by atoms with Gasteiger partial charge in [-0.25, -0.2) is 9.37 Å². The Hall–Kier alpha value is -1.04. The van der Waals surface area contributed by atoms with E-state index >= 15 is 0 Å². The molecule has 0 fully saturated rings. The van der Waals surface area contributed by atoms with Crippen LogP contribution in [0.1, 0.15) is 13.3 Å². The summed E-state index contributed by atoms with van der Waals surface area (Å²) in [6.07, 6.45) is 4.00. The van der Waals surface area contributed by atoms with E-state index in [1.165, 1.54) is 0 Å². The molecule has 0 radical (unpaired) electrons. The molecule has 3 N–H and O–H groups in total. The average Bonchev–Trinajstić information content (AvgIpc) is 2.22. The van der Waals surface area contributed by atoms with E-state index in [4.69, 9.17) is 5.73 Å². The molecule has 0 aromatic carbocycles. The van der Waals surface area contributed by atoms with Crippen LogP contribution in [0, 0.1) is 5.82 Å². The lowest BCUT2D eigenvalue weighted by molar-refractivity contribution is 0.612. The molecule has 0 amide bonds. The van der Waals surface area contributed by atoms with Crippen LogP contribution in [0.2, 0.25) is 0 Å². The first-order chi connectivity index (χ1) is 7.17. The molecule has 0 aliphatic carbocycles. The summed E-state index contributed by atoms with van der Waals surface area (Å²) in [6, 6.07) is 0.198. The number of anilines is 2. The molecule has 1 atom stereocenters. The van der Waals surface area contributed by atoms with Gasteiger partial charge >= 0.3 is 0 Å². The Kier molecular flexibility index (Phi) is 4.61. The van der Waals surface area contributed by atoms with Crippen LogP contribution in [0.4, 0.5) is 16.2 Å². The minimum Gasteiger partial charge on any atom is -0.368 e. The van der Waals surface area contributed by atoms with Crippen molar-refractivity contribution in [2.45, 2.75) is 19.4 Å². The minimum atomic E-state index is -0.469. The Labute approximate surface area is 92.9 Å². The number of hydrogen-bond donors (Lipinski definition) is 2. The zero-order valence-electron chi connectivity index (χ0n) is 8.83. The summed E-state index contributed by atoms with van der Waals surface area (Å²) in [5.74, 6) is 0.699. The van der Waals surface area contributed by atoms with Crippen LogP contribution in [-0.4, -0.2) is 28.0 Å². The van der Waals surface area contributed by atoms with Crippen molar-refractivity contribution in [1.29, 1.82) is 0 Å². The van der Waals surface area contributed by atoms with Crippen LogP contribution in [0.25, 0.3) is 0 Å². The number of hydrogen-bond acceptors (Lipinski definition) is 5. The number of halogens is 1. The maximum atomic E-state index is 13.3. The molecule has 4 nitrogen and oxygen atoms in total. The van der Waals surface area contributed by atoms with Crippen molar-refractivity contribution in [1.82, 2.24) is 9.97 Å². The van der Waals surface area contributed by atoms with Gasteiger partial charge in [0.05, 0.1) is 6.20 Å². The SMILES string of the molecule is CCC(CSC)Nc1nc(N)ncc1F. The van der Waals surface area contributed by atoms with E-state index in [1.54, 1.807) is 11.8 Å². The maximum absolute atomic E-state index is 13.3. The second-order valence-corrected chi connectivity index (χ2v) is 4.04. The summed E-state index contributed by atoms with van der Waals surface area (Å²) in [6.45, 7) is 2.04. The number of thioether (sulfide) groups is 1. The van der Waals surface area contributed by atoms with Crippen molar-refractivity contribution >= 4 is 23.5 Å². The van der Waals surface area contributed by atoms with Crippen LogP contribution < -0.4 is 11.1 Å². The van der Waals surface area contributed by atoms with Crippen molar-refractivity contribution in [2.75, 3.05) is 23.1 Å². The monoisotopic (exact) mass is 230 g/mol. The number of aromatic nitrogens is 2. The van der Waals surface area contributed by atoms with Gasteiger partial charge in [-0.15, -0.1) is 0 Å². The van der Waals surface area contributed by atoms with Gasteiger partial charge in [-0.1, -0.05) is 6.92 Å². The maximum Gasteiger partial charge on any atom is 0.222 e. The zero-order chi connectivity index (χ0) is 11.3. The van der Waals surface area contributed by atoms with Gasteiger partial charge in [-0.05, 0) is 12.7 Å². The van der Waals surface area contributed by atoms with Crippen LogP contribution in [0.5, 0.6) is 0 Å². The molecule has 1 aromatic rings. The topological polar surface area (TPSA) is 63.8 Å². The van der Waals surface area contributed by atoms with Crippen LogP contribution in [-0.2, 0) is 0 Å². The molecule has 0 spiro atoms. The standard InChI is InChI=1S/C9H15FN4S/c1-3-6(5-15-2)13-8-7(10)4-12-9(11)14-8/h4,6H,3,5H2,1-2H3,(H3,11,12,13,14). The van der Waals surface area contributed by atoms with Gasteiger partial charge in [-0.2, -0.15) is 16.7 Å². The molecule has 84 valence electrons. The molecule has 1 aromatic heterocycles. The molecule has 1 heterocycles. The lowest BCUT2D eigenvalue weighted by Gasteiger charge is -2.16. The summed E-state index contributed by atoms with van der Waals surface area (Å²) in [5.41, 5.74) is 5.38. The summed E-state index contributed by atoms with van der Waals surface area (Å²) in [7, 11) is 0. The molecule has 6 heteroatoms. The highest BCUT2D eigenvalue weighted by Gasteiger charge is 2.10. The molecule has 0 saturated carbocycles. The molecule has 0 aliphatic rings. The second kappa shape index (κ2) is 5.75. The first kappa shape index (κ1) is 12.0. The first-order valence-electron chi connectivity index (χ1n) is 4.70. The minimum absolute atomic E-state index is 0.0814. The first-order valence-corrected chi connectivity index (χ1v) is 6.10. The molecule has 15 heavy (non-hydrogen) atoms. The predicted octanol–water partition coefficient (Wildman–Crippen LogP) is 1.75. The summed E-state index contributed by atoms with van der Waals surface area (Å²) < 4.78 is 13.3. The fraction of sp³-hybridized carbons (Fsp3) is 0.556. The predicted molar refractivity (Wildman–Crippen MR) is 62.5 cm³/mol. The Morgan fingerprint density at radius 3 is 3.00 bits per heavy atom. The van der Waals surface area contributed by atoms with E-state index in [0.717, 1.165) is 18.4 Å². The molecule has 1 unspecified atom stereocenters. The lowest BCUT2D eigenvalue weighted by Crippen LogP contribution is -2.23. The average molecular weight is 230 g/mol. The largest absolute Gasteiger partial charge is 0.368 e. The lowest BCUT2D eigenvalue weighted by atomic mass is 10.2. The highest BCUT2D eigenvalue weighted by atomic mass is 32.2. The Morgan fingerprint density at radius 2 is 2.40 bits per heavy atom. The molecule has 0 saturated heterocycles. The number of nitrogens with one attached hydrogen (secondary N) is 1. The number of rotatable bonds is 5. The van der Waals surface area contributed by atoms with E-state index in [2.05, 4.69) is 15.3 Å². The Bertz CT molecular complexity index is 321. The summed E-state index contributed by atoms with van der Waals surface area (Å²) in [5, 5.41) is 3.01. The third kappa shape index (κ3) is 3.54. The third-order valence-electron chi connectivity index (χ3n) is 1.96. The quantitative estimate of drug-likeness (QED) is 0.807. The van der Waals surface area contributed by atoms with Gasteiger partial charge in [-0.3, -0.25) is 0 Å². The van der Waals surface area contributed by atoms with E-state index in [0.29, 0.717) is 0 Å². The van der Waals surface area contributed by atoms with Crippen molar-refractivity contribution in [3.05, 3.63) is 12.0 Å². The molecule has 1 rings (SSSR count). The van der Waals surface area contributed by atoms with E-state index in [-0.39, 0.29) is 17.8 Å². The van der Waals surface area contributed by atoms with Gasteiger partial charge in [0.1, 0.15) is 0 Å². The summed E-state index contributed by atoms with van der Waals surface area (Å²) >= 11 is 1.70. The Balaban J connectivity index is 2.73. The zero-order valence-corrected chi connectivity index (χ0v) is 9.64. The van der Waals surface area contributed by atoms with Gasteiger partial charge in [0.25, 0.3) is 0 Å². The van der Waals surface area contributed by atoms with Crippen molar-refractivity contribution in [3.8, 4) is 0 Å². The van der Waals surface area contributed by atoms with E-state index < -0.39 is 5.82 Å². The highest BCUT2D eigenvalue weighted by molar-refractivity contribution is 7.98. The fourth-order valence-corrected chi connectivity index (χ4v) is 1.86. The molecular weight excluding hydrogens is 215 g/mol. The third-order valence-corrected chi connectivity index (χ3v) is 2.70. The van der Waals surface area contributed by atoms with E-state index in [9.17, 15) is 4.39 Å². The number of nitrogen functional groups attached to an aromatic ring is 1. The Morgan fingerprint density at radius 1 is 1.67 bits per heavy atom. The number of nitrogens with zero attached hydrogens (tertiary/aromatic N) is 2. The van der Waals surface area contributed by atoms with Crippen molar-refractivity contribution in [3.63, 3.8) is 0 Å². The number of nitrogens with two attached hydrogens (primary N) is 1. The van der Waals surface area contributed by atoms with Crippen molar-refractivity contribution in [2.24, 2.45) is 0 Å². The van der Waals surface area contributed by atoms with Crippen LogP contribution in [0.15, 0.2) is 6.20 Å². The normalized spacial score (nSPS) is 12.5. The van der Waals surface area contributed by atoms with Gasteiger partial charge in [0, 0.05) is 11.8 Å². The highest BCUT2D eigenvalue weighted by Crippen LogP contribution is 2.14. The molecule has 0 bridgehead atoms. The van der Waals surface area contributed by atoms with Gasteiger partial charge in [0.2, 0.25) is 5.95 Å². The molecule has 0 aliphatic heterocycles. The van der Waals surface area contributed by atoms with Crippen LogP contribution >= 0.6 is 11.8 Å². The van der Waals surface area contributed by atoms with Crippen molar-refractivity contribution < 1.29 is 4.39 Å². The van der Waals surface area contributed by atoms with Gasteiger partial charge in [0.15, 0.2) is 11.6 Å². The van der Waals surface area contributed by atoms with Gasteiger partial charge < -0.3 is 11.1 Å². The van der Waals surface area contributed by atoms with E-state index in [1.807, 2.05) is 13.2 Å².